The molecule has 1 rings (SSSR count). The van der Waals surface area contributed by atoms with E-state index in [9.17, 15) is 0 Å². The lowest BCUT2D eigenvalue weighted by Crippen LogP contribution is -1.78. The van der Waals surface area contributed by atoms with E-state index in [0.29, 0.717) is 0 Å². The average molecular weight is 128 g/mol. The first-order chi connectivity index (χ1) is 4.23. The van der Waals surface area contributed by atoms with Crippen molar-refractivity contribution in [2.75, 3.05) is 0 Å². The molecule has 50 valence electrons. The summed E-state index contributed by atoms with van der Waals surface area (Å²) in [6, 6.07) is 3.67. The summed E-state index contributed by atoms with van der Waals surface area (Å²) in [5.41, 5.74) is 0. The third kappa shape index (κ3) is 10.8. The van der Waals surface area contributed by atoms with E-state index in [-0.39, 0.29) is 0 Å². The quantitative estimate of drug-likeness (QED) is 0.574. The van der Waals surface area contributed by atoms with Gasteiger partial charge in [0.05, 0.1) is 12.5 Å². The van der Waals surface area contributed by atoms with Crippen LogP contribution in [0.5, 0.6) is 0 Å². The van der Waals surface area contributed by atoms with Gasteiger partial charge in [0.15, 0.2) is 0 Å². The Labute approximate surface area is 52.9 Å². The van der Waals surface area contributed by atoms with Crippen LogP contribution >= 0.6 is 0 Å². The highest BCUT2D eigenvalue weighted by Gasteiger charge is 1.65. The Balaban J connectivity index is 0.000000148. The van der Waals surface area contributed by atoms with E-state index in [1.54, 1.807) is 12.5 Å². The second kappa shape index (κ2) is 4.90. The summed E-state index contributed by atoms with van der Waals surface area (Å²) >= 11 is 0. The molecule has 0 amide bonds. The molecule has 0 aromatic carbocycles. The zero-order valence-electron chi connectivity index (χ0n) is 5.07. The number of rotatable bonds is 0. The van der Waals surface area contributed by atoms with Gasteiger partial charge in [0.25, 0.3) is 5.97 Å². The first kappa shape index (κ1) is 7.75. The van der Waals surface area contributed by atoms with Gasteiger partial charge >= 0.3 is 0 Å². The van der Waals surface area contributed by atoms with Crippen molar-refractivity contribution >= 4 is 5.97 Å². The number of carbonyl (C=O) groups is 1. The van der Waals surface area contributed by atoms with Gasteiger partial charge in [0.2, 0.25) is 0 Å². The van der Waals surface area contributed by atoms with Crippen molar-refractivity contribution in [3.8, 4) is 0 Å². The fourth-order valence-corrected chi connectivity index (χ4v) is 0.227. The molecule has 1 aromatic rings. The van der Waals surface area contributed by atoms with Gasteiger partial charge in [-0.15, -0.1) is 0 Å². The predicted molar refractivity (Wildman–Crippen MR) is 32.0 cm³/mol. The van der Waals surface area contributed by atoms with Crippen molar-refractivity contribution in [2.45, 2.75) is 6.92 Å². The SMILES string of the molecule is CC(=O)O.c1ccoc1. The maximum absolute atomic E-state index is 9.00. The fraction of sp³-hybridized carbons (Fsp3) is 0.167. The van der Waals surface area contributed by atoms with Crippen LogP contribution in [0.15, 0.2) is 29.1 Å². The summed E-state index contributed by atoms with van der Waals surface area (Å²) in [6.07, 6.45) is 3.25. The van der Waals surface area contributed by atoms with E-state index in [0.717, 1.165) is 6.92 Å². The first-order valence-electron chi connectivity index (χ1n) is 2.40. The zero-order valence-corrected chi connectivity index (χ0v) is 5.07. The molecule has 0 fully saturated rings. The molecule has 0 aliphatic rings. The molecular formula is C6H8O3. The van der Waals surface area contributed by atoms with Gasteiger partial charge in [-0.05, 0) is 12.1 Å². The number of aliphatic carboxylic acids is 1. The maximum Gasteiger partial charge on any atom is 0.300 e. The van der Waals surface area contributed by atoms with Gasteiger partial charge in [-0.2, -0.15) is 0 Å². The normalized spacial score (nSPS) is 7.22. The van der Waals surface area contributed by atoms with Crippen LogP contribution in [0, 0.1) is 0 Å². The Bertz CT molecular complexity index is 122. The average Bonchev–Trinajstić information content (AvgIpc) is 2.11. The number of carboxylic acid groups (broad SMARTS) is 1. The van der Waals surface area contributed by atoms with Gasteiger partial charge < -0.3 is 9.52 Å². The Morgan fingerprint density at radius 2 is 1.78 bits per heavy atom. The van der Waals surface area contributed by atoms with E-state index in [1.165, 1.54) is 0 Å². The minimum Gasteiger partial charge on any atom is -0.481 e. The van der Waals surface area contributed by atoms with Gasteiger partial charge in [-0.1, -0.05) is 0 Å². The summed E-state index contributed by atoms with van der Waals surface area (Å²) in [7, 11) is 0. The van der Waals surface area contributed by atoms with E-state index in [1.807, 2.05) is 12.1 Å². The van der Waals surface area contributed by atoms with Crippen LogP contribution in [0.1, 0.15) is 6.92 Å². The second-order valence-electron chi connectivity index (χ2n) is 1.31. The number of hydrogen-bond donors (Lipinski definition) is 1. The molecule has 0 bridgehead atoms. The zero-order chi connectivity index (χ0) is 7.11. The molecule has 0 aliphatic heterocycles. The van der Waals surface area contributed by atoms with Crippen LogP contribution in [0.25, 0.3) is 0 Å². The summed E-state index contributed by atoms with van der Waals surface area (Å²) in [6.45, 7) is 1.08. The maximum atomic E-state index is 9.00. The Morgan fingerprint density at radius 1 is 1.44 bits per heavy atom. The smallest absolute Gasteiger partial charge is 0.300 e. The van der Waals surface area contributed by atoms with Crippen LogP contribution in [0.4, 0.5) is 0 Å². The first-order valence-corrected chi connectivity index (χ1v) is 2.40. The monoisotopic (exact) mass is 128 g/mol. The van der Waals surface area contributed by atoms with Crippen molar-refractivity contribution in [2.24, 2.45) is 0 Å². The molecule has 0 spiro atoms. The Kier molecular flexibility index (Phi) is 4.22. The molecule has 3 nitrogen and oxygen atoms in total. The molecule has 0 atom stereocenters. The third-order valence-corrected chi connectivity index (χ3v) is 0.425. The Morgan fingerprint density at radius 3 is 1.89 bits per heavy atom. The fourth-order valence-electron chi connectivity index (χ4n) is 0.227. The van der Waals surface area contributed by atoms with Crippen molar-refractivity contribution < 1.29 is 14.3 Å². The van der Waals surface area contributed by atoms with Gasteiger partial charge in [0, 0.05) is 6.92 Å². The Hall–Kier alpha value is -1.25. The molecule has 0 radical (unpaired) electrons. The highest BCUT2D eigenvalue weighted by atomic mass is 16.4. The molecule has 0 aliphatic carbocycles. The van der Waals surface area contributed by atoms with E-state index in [4.69, 9.17) is 9.90 Å². The lowest BCUT2D eigenvalue weighted by atomic mass is 10.7. The summed E-state index contributed by atoms with van der Waals surface area (Å²) in [5, 5.41) is 7.42. The van der Waals surface area contributed by atoms with E-state index in [2.05, 4.69) is 4.42 Å². The highest BCUT2D eigenvalue weighted by Crippen LogP contribution is 1.79. The molecule has 9 heavy (non-hydrogen) atoms. The molecule has 0 saturated heterocycles. The standard InChI is InChI=1S/C4H4O.C2H4O2/c1-2-4-5-3-1;1-2(3)4/h1-4H;1H3,(H,3,4). The van der Waals surface area contributed by atoms with Crippen LogP contribution in [0.2, 0.25) is 0 Å². The predicted octanol–water partition coefficient (Wildman–Crippen LogP) is 1.37. The molecule has 1 heterocycles. The lowest BCUT2D eigenvalue weighted by Gasteiger charge is -1.59. The van der Waals surface area contributed by atoms with Gasteiger partial charge in [-0.3, -0.25) is 4.79 Å². The third-order valence-electron chi connectivity index (χ3n) is 0.425. The number of furan rings is 1. The molecule has 0 saturated carbocycles. The molecular weight excluding hydrogens is 120 g/mol. The second-order valence-corrected chi connectivity index (χ2v) is 1.31. The largest absolute Gasteiger partial charge is 0.481 e. The van der Waals surface area contributed by atoms with Gasteiger partial charge in [-0.25, -0.2) is 0 Å². The van der Waals surface area contributed by atoms with Crippen LogP contribution in [-0.4, -0.2) is 11.1 Å². The summed E-state index contributed by atoms with van der Waals surface area (Å²) in [5.74, 6) is -0.833. The minimum atomic E-state index is -0.833. The number of hydrogen-bond acceptors (Lipinski definition) is 2. The molecule has 1 aromatic heterocycles. The van der Waals surface area contributed by atoms with Crippen LogP contribution in [-0.2, 0) is 4.79 Å². The summed E-state index contributed by atoms with van der Waals surface area (Å²) < 4.78 is 4.58. The minimum absolute atomic E-state index is 0.833. The van der Waals surface area contributed by atoms with E-state index >= 15 is 0 Å². The van der Waals surface area contributed by atoms with Crippen molar-refractivity contribution in [3.05, 3.63) is 24.7 Å². The van der Waals surface area contributed by atoms with Gasteiger partial charge in [0.1, 0.15) is 0 Å². The highest BCUT2D eigenvalue weighted by molar-refractivity contribution is 5.62. The molecule has 0 unspecified atom stereocenters. The van der Waals surface area contributed by atoms with Crippen LogP contribution < -0.4 is 0 Å². The molecule has 3 heteroatoms. The van der Waals surface area contributed by atoms with Crippen LogP contribution in [0.3, 0.4) is 0 Å². The topological polar surface area (TPSA) is 50.4 Å². The van der Waals surface area contributed by atoms with E-state index < -0.39 is 5.97 Å². The molecule has 1 N–H and O–H groups in total. The lowest BCUT2D eigenvalue weighted by molar-refractivity contribution is -0.134. The van der Waals surface area contributed by atoms with Crippen molar-refractivity contribution in [1.82, 2.24) is 0 Å². The number of carboxylic acids is 1. The summed E-state index contributed by atoms with van der Waals surface area (Å²) in [4.78, 5) is 9.00. The van der Waals surface area contributed by atoms with Crippen molar-refractivity contribution in [3.63, 3.8) is 0 Å². The van der Waals surface area contributed by atoms with Crippen molar-refractivity contribution in [1.29, 1.82) is 0 Å².